The van der Waals surface area contributed by atoms with Crippen molar-refractivity contribution < 1.29 is 9.66 Å². The van der Waals surface area contributed by atoms with E-state index in [-0.39, 0.29) is 12.6 Å². The largest absolute Gasteiger partial charge is 0.393 e. The van der Waals surface area contributed by atoms with Gasteiger partial charge >= 0.3 is 0 Å². The van der Waals surface area contributed by atoms with Gasteiger partial charge in [0.15, 0.2) is 0 Å². The number of aliphatic imine (C=N–C) groups is 1. The Hall–Kier alpha value is -0.910. The van der Waals surface area contributed by atoms with Gasteiger partial charge in [-0.2, -0.15) is 0 Å². The Morgan fingerprint density at radius 1 is 1.38 bits per heavy atom. The van der Waals surface area contributed by atoms with Crippen molar-refractivity contribution in [3.63, 3.8) is 0 Å². The summed E-state index contributed by atoms with van der Waals surface area (Å²) >= 11 is 5.48. The van der Waals surface area contributed by atoms with E-state index in [1.54, 1.807) is 12.4 Å². The summed E-state index contributed by atoms with van der Waals surface area (Å²) in [5.41, 5.74) is 0.891. The van der Waals surface area contributed by atoms with Crippen LogP contribution in [0.2, 0.25) is 0 Å². The second kappa shape index (κ2) is 8.51. The van der Waals surface area contributed by atoms with Crippen LogP contribution >= 0.6 is 39.9 Å². The predicted molar refractivity (Wildman–Crippen MR) is 93.0 cm³/mol. The van der Waals surface area contributed by atoms with Crippen molar-refractivity contribution in [1.82, 2.24) is 4.31 Å². The third-order valence-corrected chi connectivity index (χ3v) is 4.70. The summed E-state index contributed by atoms with van der Waals surface area (Å²) in [5.74, 6) is 6.53. The summed E-state index contributed by atoms with van der Waals surface area (Å²) in [6.45, 7) is -0.0829. The van der Waals surface area contributed by atoms with Gasteiger partial charge in [-0.1, -0.05) is 27.8 Å². The molecule has 7 heteroatoms. The maximum atomic E-state index is 9.52. The number of aliphatic hydroxyl groups excluding tert-OH is 1. The first-order chi connectivity index (χ1) is 10.2. The summed E-state index contributed by atoms with van der Waals surface area (Å²) in [6.07, 6.45) is 3.42. The number of halogens is 1. The van der Waals surface area contributed by atoms with E-state index in [0.29, 0.717) is 5.75 Å². The molecule has 110 valence electrons. The highest BCUT2D eigenvalue weighted by Gasteiger charge is 2.17. The molecule has 1 aromatic rings. The van der Waals surface area contributed by atoms with Crippen molar-refractivity contribution in [1.29, 1.82) is 0 Å². The number of aliphatic hydroxyl groups is 1. The van der Waals surface area contributed by atoms with Gasteiger partial charge in [-0.15, -0.1) is 0 Å². The van der Waals surface area contributed by atoms with E-state index in [2.05, 4.69) is 32.8 Å². The Morgan fingerprint density at radius 2 is 2.14 bits per heavy atom. The zero-order chi connectivity index (χ0) is 15.1. The molecule has 0 radical (unpaired) electrons. The quantitative estimate of drug-likeness (QED) is 0.474. The van der Waals surface area contributed by atoms with Gasteiger partial charge in [0, 0.05) is 34.4 Å². The predicted octanol–water partition coefficient (Wildman–Crippen LogP) is 3.20. The summed E-state index contributed by atoms with van der Waals surface area (Å²) in [6, 6.07) is 7.36. The lowest BCUT2D eigenvalue weighted by Crippen LogP contribution is -2.30. The van der Waals surface area contributed by atoms with Gasteiger partial charge in [-0.25, -0.2) is 0 Å². The SMILES string of the molecule is OCC(C#Cc1ccc(Br)cc1)N1C=CN=C(CSO)S1. The number of hydrogen-bond donors (Lipinski definition) is 2. The molecule has 0 saturated heterocycles. The molecule has 1 atom stereocenters. The molecule has 4 nitrogen and oxygen atoms in total. The summed E-state index contributed by atoms with van der Waals surface area (Å²) < 4.78 is 11.7. The fraction of sp³-hybridized carbons (Fsp3) is 0.214. The average Bonchev–Trinajstić information content (AvgIpc) is 2.50. The fourth-order valence-corrected chi connectivity index (χ4v) is 3.07. The normalized spacial score (nSPS) is 15.2. The molecule has 1 aromatic carbocycles. The van der Waals surface area contributed by atoms with Crippen LogP contribution in [0.15, 0.2) is 46.1 Å². The van der Waals surface area contributed by atoms with Crippen molar-refractivity contribution >= 4 is 45.0 Å². The maximum Gasteiger partial charge on any atom is 0.124 e. The number of benzene rings is 1. The third-order valence-electron chi connectivity index (χ3n) is 2.54. The lowest BCUT2D eigenvalue weighted by atomic mass is 10.2. The molecule has 1 aliphatic rings. The fourth-order valence-electron chi connectivity index (χ4n) is 1.53. The van der Waals surface area contributed by atoms with Gasteiger partial charge in [-0.05, 0) is 36.3 Å². The highest BCUT2D eigenvalue weighted by molar-refractivity contribution is 9.10. The Bertz CT molecular complexity index is 593. The van der Waals surface area contributed by atoms with E-state index in [1.807, 2.05) is 28.6 Å². The van der Waals surface area contributed by atoms with Crippen LogP contribution in [0.5, 0.6) is 0 Å². The number of rotatable bonds is 4. The second-order valence-corrected chi connectivity index (χ2v) is 6.56. The highest BCUT2D eigenvalue weighted by Crippen LogP contribution is 2.22. The average molecular weight is 385 g/mol. The van der Waals surface area contributed by atoms with E-state index >= 15 is 0 Å². The molecule has 0 aromatic heterocycles. The zero-order valence-corrected chi connectivity index (χ0v) is 14.2. The van der Waals surface area contributed by atoms with Gasteiger partial charge in [0.05, 0.1) is 12.4 Å². The van der Waals surface area contributed by atoms with Gasteiger partial charge in [0.2, 0.25) is 0 Å². The van der Waals surface area contributed by atoms with Crippen LogP contribution in [0, 0.1) is 11.8 Å². The monoisotopic (exact) mass is 384 g/mol. The van der Waals surface area contributed by atoms with E-state index in [1.165, 1.54) is 11.9 Å². The summed E-state index contributed by atoms with van der Waals surface area (Å²) in [5, 5.41) is 10.3. The van der Waals surface area contributed by atoms with Gasteiger partial charge in [-0.3, -0.25) is 9.30 Å². The van der Waals surface area contributed by atoms with Crippen LogP contribution in [0.4, 0.5) is 0 Å². The van der Waals surface area contributed by atoms with Crippen molar-refractivity contribution in [3.8, 4) is 11.8 Å². The van der Waals surface area contributed by atoms with E-state index < -0.39 is 0 Å². The lowest BCUT2D eigenvalue weighted by molar-refractivity contribution is 0.250. The van der Waals surface area contributed by atoms with E-state index in [4.69, 9.17) is 4.55 Å². The molecule has 0 spiro atoms. The highest BCUT2D eigenvalue weighted by atomic mass is 79.9. The van der Waals surface area contributed by atoms with Crippen LogP contribution in [0.1, 0.15) is 5.56 Å². The Balaban J connectivity index is 2.06. The van der Waals surface area contributed by atoms with Crippen LogP contribution < -0.4 is 0 Å². The first-order valence-corrected chi connectivity index (χ1v) is 8.58. The molecular weight excluding hydrogens is 372 g/mol. The van der Waals surface area contributed by atoms with Crippen molar-refractivity contribution in [2.75, 3.05) is 12.4 Å². The summed E-state index contributed by atoms with van der Waals surface area (Å²) in [4.78, 5) is 4.16. The molecular formula is C14H13BrN2O2S2. The molecule has 2 rings (SSSR count). The smallest absolute Gasteiger partial charge is 0.124 e. The number of hydrogen-bond acceptors (Lipinski definition) is 6. The topological polar surface area (TPSA) is 56.1 Å². The van der Waals surface area contributed by atoms with Gasteiger partial charge < -0.3 is 9.66 Å². The third kappa shape index (κ3) is 5.09. The van der Waals surface area contributed by atoms with Crippen molar-refractivity contribution in [2.45, 2.75) is 6.04 Å². The van der Waals surface area contributed by atoms with Crippen LogP contribution in [-0.2, 0) is 0 Å². The van der Waals surface area contributed by atoms with Crippen LogP contribution in [-0.4, -0.2) is 37.4 Å². The summed E-state index contributed by atoms with van der Waals surface area (Å²) in [7, 11) is 0. The number of nitrogens with zero attached hydrogens (tertiary/aromatic N) is 2. The molecule has 2 N–H and O–H groups in total. The maximum absolute atomic E-state index is 9.52. The molecule has 0 saturated carbocycles. The molecule has 1 aliphatic heterocycles. The molecule has 0 amide bonds. The molecule has 0 bridgehead atoms. The lowest BCUT2D eigenvalue weighted by Gasteiger charge is -2.25. The Labute approximate surface area is 140 Å². The van der Waals surface area contributed by atoms with E-state index in [9.17, 15) is 5.11 Å². The minimum Gasteiger partial charge on any atom is -0.393 e. The molecule has 21 heavy (non-hydrogen) atoms. The first-order valence-electron chi connectivity index (χ1n) is 6.07. The molecule has 0 aliphatic carbocycles. The van der Waals surface area contributed by atoms with Crippen molar-refractivity contribution in [3.05, 3.63) is 46.7 Å². The zero-order valence-electron chi connectivity index (χ0n) is 10.9. The minimum atomic E-state index is -0.330. The molecule has 1 heterocycles. The molecule has 0 fully saturated rings. The van der Waals surface area contributed by atoms with Gasteiger partial charge in [0.25, 0.3) is 0 Å². The van der Waals surface area contributed by atoms with E-state index in [0.717, 1.165) is 27.1 Å². The minimum absolute atomic E-state index is 0.0829. The van der Waals surface area contributed by atoms with Crippen LogP contribution in [0.25, 0.3) is 0 Å². The second-order valence-electron chi connectivity index (χ2n) is 4.02. The first kappa shape index (κ1) is 16.5. The van der Waals surface area contributed by atoms with Gasteiger partial charge in [0.1, 0.15) is 11.1 Å². The van der Waals surface area contributed by atoms with Crippen LogP contribution in [0.3, 0.4) is 0 Å². The standard InChI is InChI=1S/C14H13BrN2O2S2/c15-12-4-1-11(2-5-12)3-6-13(9-18)17-8-7-16-14(21-17)10-20-19/h1-2,4-5,7-8,13,18-19H,9-10H2. The molecule has 1 unspecified atom stereocenters. The Kier molecular flexibility index (Phi) is 6.67. The Morgan fingerprint density at radius 3 is 2.81 bits per heavy atom. The van der Waals surface area contributed by atoms with Crippen molar-refractivity contribution in [2.24, 2.45) is 4.99 Å².